The summed E-state index contributed by atoms with van der Waals surface area (Å²) in [5.41, 5.74) is 3.42. The van der Waals surface area contributed by atoms with Gasteiger partial charge in [-0.2, -0.15) is 5.10 Å². The lowest BCUT2D eigenvalue weighted by molar-refractivity contribution is 0.122. The summed E-state index contributed by atoms with van der Waals surface area (Å²) in [7, 11) is 0. The van der Waals surface area contributed by atoms with Crippen LogP contribution in [0.15, 0.2) is 41.7 Å². The van der Waals surface area contributed by atoms with E-state index in [2.05, 4.69) is 35.1 Å². The number of hydrogen-bond donors (Lipinski definition) is 3. The number of fused-ring (bicyclic) bond motifs is 2. The smallest absolute Gasteiger partial charge is 0.261 e. The van der Waals surface area contributed by atoms with E-state index in [-0.39, 0.29) is 11.6 Å². The number of nitrogens with one attached hydrogen (secondary N) is 3. The van der Waals surface area contributed by atoms with Crippen LogP contribution in [0.25, 0.3) is 33.5 Å². The van der Waals surface area contributed by atoms with Crippen LogP contribution < -0.4 is 15.8 Å². The molecule has 0 aliphatic carbocycles. The number of nitrogens with zero attached hydrogens (tertiary/aromatic N) is 7. The van der Waals surface area contributed by atoms with Gasteiger partial charge in [-0.15, -0.1) is 0 Å². The van der Waals surface area contributed by atoms with E-state index in [4.69, 9.17) is 14.8 Å². The molecule has 6 rings (SSSR count). The molecule has 0 amide bonds. The summed E-state index contributed by atoms with van der Waals surface area (Å²) in [6.45, 7) is 7.52. The second-order valence-corrected chi connectivity index (χ2v) is 8.67. The van der Waals surface area contributed by atoms with Crippen molar-refractivity contribution in [1.29, 1.82) is 0 Å². The predicted octanol–water partition coefficient (Wildman–Crippen LogP) is 2.48. The lowest BCUT2D eigenvalue weighted by Gasteiger charge is -2.27. The summed E-state index contributed by atoms with van der Waals surface area (Å²) in [5, 5.41) is 8.14. The van der Waals surface area contributed by atoms with Crippen molar-refractivity contribution in [1.82, 2.24) is 39.7 Å². The van der Waals surface area contributed by atoms with Gasteiger partial charge in [-0.3, -0.25) is 9.48 Å². The number of aryl methyl sites for hydroxylation is 1. The molecule has 0 bridgehead atoms. The summed E-state index contributed by atoms with van der Waals surface area (Å²) >= 11 is 0. The van der Waals surface area contributed by atoms with Gasteiger partial charge in [0.05, 0.1) is 42.2 Å². The molecule has 5 aromatic heterocycles. The summed E-state index contributed by atoms with van der Waals surface area (Å²) in [5.74, 6) is 1.89. The Morgan fingerprint density at radius 3 is 2.72 bits per heavy atom. The predicted molar refractivity (Wildman–Crippen MR) is 136 cm³/mol. The van der Waals surface area contributed by atoms with Crippen molar-refractivity contribution in [2.24, 2.45) is 0 Å². The van der Waals surface area contributed by atoms with E-state index in [1.807, 2.05) is 26.1 Å². The third-order valence-electron chi connectivity index (χ3n) is 6.31. The molecule has 0 saturated carbocycles. The third-order valence-corrected chi connectivity index (χ3v) is 6.31. The van der Waals surface area contributed by atoms with Gasteiger partial charge in [-0.05, 0) is 19.9 Å². The minimum Gasteiger partial charge on any atom is -0.378 e. The summed E-state index contributed by atoms with van der Waals surface area (Å²) in [6.07, 6.45) is 6.94. The van der Waals surface area contributed by atoms with Crippen molar-refractivity contribution < 1.29 is 4.74 Å². The Kier molecular flexibility index (Phi) is 5.56. The average molecular weight is 487 g/mol. The van der Waals surface area contributed by atoms with Crippen LogP contribution in [0.3, 0.4) is 0 Å². The van der Waals surface area contributed by atoms with E-state index in [0.717, 1.165) is 24.4 Å². The molecule has 1 atom stereocenters. The molecule has 1 fully saturated rings. The number of pyridine rings is 2. The van der Waals surface area contributed by atoms with Crippen molar-refractivity contribution in [3.05, 3.63) is 53.1 Å². The van der Waals surface area contributed by atoms with E-state index in [0.29, 0.717) is 59.2 Å². The molecular formula is C24H26N10O2. The normalized spacial score (nSPS) is 15.0. The Bertz CT molecular complexity index is 1580. The monoisotopic (exact) mass is 486 g/mol. The highest BCUT2D eigenvalue weighted by molar-refractivity contribution is 5.96. The number of aromatic nitrogens is 8. The zero-order chi connectivity index (χ0) is 24.6. The van der Waals surface area contributed by atoms with Crippen LogP contribution in [-0.2, 0) is 11.3 Å². The van der Waals surface area contributed by atoms with Crippen LogP contribution in [0.5, 0.6) is 0 Å². The van der Waals surface area contributed by atoms with E-state index < -0.39 is 0 Å². The molecule has 1 aliphatic rings. The fourth-order valence-electron chi connectivity index (χ4n) is 4.44. The Balaban J connectivity index is 1.48. The van der Waals surface area contributed by atoms with Gasteiger partial charge in [0.15, 0.2) is 0 Å². The maximum Gasteiger partial charge on any atom is 0.261 e. The fraction of sp³-hybridized carbons (Fsp3) is 0.333. The molecule has 36 heavy (non-hydrogen) atoms. The van der Waals surface area contributed by atoms with Crippen molar-refractivity contribution in [2.75, 3.05) is 36.5 Å². The number of morpholine rings is 1. The lowest BCUT2D eigenvalue weighted by atomic mass is 10.1. The van der Waals surface area contributed by atoms with Gasteiger partial charge in [0.1, 0.15) is 34.1 Å². The molecule has 0 unspecified atom stereocenters. The maximum atomic E-state index is 13.4. The van der Waals surface area contributed by atoms with Crippen LogP contribution in [0, 0.1) is 0 Å². The molecule has 5 aromatic rings. The second kappa shape index (κ2) is 9.04. The molecule has 12 nitrogen and oxygen atoms in total. The summed E-state index contributed by atoms with van der Waals surface area (Å²) < 4.78 is 7.24. The molecule has 0 aromatic carbocycles. The van der Waals surface area contributed by atoms with Crippen molar-refractivity contribution in [2.45, 2.75) is 26.4 Å². The standard InChI is InChI=1S/C24H26N10O2/c1-3-34-13-17-20(32-34)21(28-14(2)22-25-5-4-6-26-22)19(24(35)31-17)23-29-15-11-18(27-12-16(15)30-23)33-7-9-36-10-8-33/h4-6,11-14,28H,3,7-10H2,1-2H3,(H,29,30)(H,31,35)/t14-/m0/s1. The van der Waals surface area contributed by atoms with Gasteiger partial charge in [0, 0.05) is 44.3 Å². The maximum absolute atomic E-state index is 13.4. The topological polar surface area (TPSA) is 143 Å². The zero-order valence-electron chi connectivity index (χ0n) is 20.0. The van der Waals surface area contributed by atoms with E-state index >= 15 is 0 Å². The number of anilines is 2. The first-order valence-corrected chi connectivity index (χ1v) is 12.0. The highest BCUT2D eigenvalue weighted by Gasteiger charge is 2.23. The molecule has 0 spiro atoms. The Labute approximate surface area is 205 Å². The van der Waals surface area contributed by atoms with Gasteiger partial charge < -0.3 is 24.9 Å². The number of H-pyrrole nitrogens is 2. The largest absolute Gasteiger partial charge is 0.378 e. The third kappa shape index (κ3) is 3.94. The molecule has 1 aliphatic heterocycles. The molecule has 0 radical (unpaired) electrons. The van der Waals surface area contributed by atoms with Gasteiger partial charge in [0.25, 0.3) is 5.56 Å². The molecule has 12 heteroatoms. The first-order chi connectivity index (χ1) is 17.6. The van der Waals surface area contributed by atoms with Crippen LogP contribution in [-0.4, -0.2) is 66.0 Å². The summed E-state index contributed by atoms with van der Waals surface area (Å²) in [4.78, 5) is 39.9. The zero-order valence-corrected chi connectivity index (χ0v) is 20.0. The lowest BCUT2D eigenvalue weighted by Crippen LogP contribution is -2.36. The van der Waals surface area contributed by atoms with Gasteiger partial charge in [-0.1, -0.05) is 0 Å². The van der Waals surface area contributed by atoms with Crippen molar-refractivity contribution in [3.63, 3.8) is 0 Å². The van der Waals surface area contributed by atoms with Crippen LogP contribution >= 0.6 is 0 Å². The highest BCUT2D eigenvalue weighted by Crippen LogP contribution is 2.32. The Morgan fingerprint density at radius 1 is 1.14 bits per heavy atom. The van der Waals surface area contributed by atoms with Crippen molar-refractivity contribution in [3.8, 4) is 11.4 Å². The molecule has 184 valence electrons. The van der Waals surface area contributed by atoms with Gasteiger partial charge in [-0.25, -0.2) is 19.9 Å². The van der Waals surface area contributed by atoms with E-state index in [1.54, 1.807) is 29.3 Å². The number of imidazole rings is 1. The highest BCUT2D eigenvalue weighted by atomic mass is 16.5. The minimum atomic E-state index is -0.277. The molecule has 6 heterocycles. The number of hydrogen-bond acceptors (Lipinski definition) is 9. The number of rotatable bonds is 6. The average Bonchev–Trinajstić information content (AvgIpc) is 3.53. The molecule has 3 N–H and O–H groups in total. The first kappa shape index (κ1) is 22.2. The van der Waals surface area contributed by atoms with Gasteiger partial charge >= 0.3 is 0 Å². The number of ether oxygens (including phenoxy) is 1. The Morgan fingerprint density at radius 2 is 1.94 bits per heavy atom. The van der Waals surface area contributed by atoms with E-state index in [9.17, 15) is 4.79 Å². The van der Waals surface area contributed by atoms with E-state index in [1.165, 1.54) is 0 Å². The fourth-order valence-corrected chi connectivity index (χ4v) is 4.44. The molecule has 1 saturated heterocycles. The van der Waals surface area contributed by atoms with Gasteiger partial charge in [0.2, 0.25) is 0 Å². The quantitative estimate of drug-likeness (QED) is 0.330. The van der Waals surface area contributed by atoms with Crippen LogP contribution in [0.2, 0.25) is 0 Å². The van der Waals surface area contributed by atoms with Crippen molar-refractivity contribution >= 4 is 33.6 Å². The number of aromatic amines is 2. The second-order valence-electron chi connectivity index (χ2n) is 8.67. The molecular weight excluding hydrogens is 460 g/mol. The SMILES string of the molecule is CCn1cc2[nH]c(=O)c(-c3nc4cnc(N5CCOCC5)cc4[nH]3)c(N[C@@H](C)c3ncccn3)c2n1. The van der Waals surface area contributed by atoms with Crippen LogP contribution in [0.1, 0.15) is 25.7 Å². The first-order valence-electron chi connectivity index (χ1n) is 12.0. The minimum absolute atomic E-state index is 0.276. The Hall–Kier alpha value is -4.32. The van der Waals surface area contributed by atoms with Crippen LogP contribution in [0.4, 0.5) is 11.5 Å². The summed E-state index contributed by atoms with van der Waals surface area (Å²) in [6, 6.07) is 3.45.